The van der Waals surface area contributed by atoms with Gasteiger partial charge in [0.05, 0.1) is 6.54 Å². The number of hydrogen-bond donors (Lipinski definition) is 3. The van der Waals surface area contributed by atoms with Crippen molar-refractivity contribution in [2.24, 2.45) is 5.92 Å². The van der Waals surface area contributed by atoms with Gasteiger partial charge in [0.25, 0.3) is 0 Å². The number of carbonyl (C=O) groups excluding carboxylic acids is 2. The first-order valence-electron chi connectivity index (χ1n) is 9.72. The minimum absolute atomic E-state index is 0.0259. The molecule has 162 valence electrons. The van der Waals surface area contributed by atoms with Crippen LogP contribution in [0.15, 0.2) is 53.3 Å². The van der Waals surface area contributed by atoms with E-state index in [1.807, 2.05) is 13.8 Å². The lowest BCUT2D eigenvalue weighted by atomic mass is 10.0. The monoisotopic (exact) mass is 426 g/mol. The maximum atomic E-state index is 12.9. The van der Waals surface area contributed by atoms with Gasteiger partial charge in [0.1, 0.15) is 11.9 Å². The summed E-state index contributed by atoms with van der Waals surface area (Å²) in [5.41, 5.74) is 1.49. The van der Waals surface area contributed by atoms with Gasteiger partial charge in [-0.1, -0.05) is 31.1 Å². The molecule has 0 bridgehead atoms. The van der Waals surface area contributed by atoms with Crippen molar-refractivity contribution in [3.8, 4) is 11.4 Å². The molecular weight excluding hydrogens is 403 g/mol. The molecule has 1 aromatic carbocycles. The minimum atomic E-state index is -0.515. The number of hydrogen-bond acceptors (Lipinski definition) is 6. The molecule has 0 saturated carbocycles. The van der Waals surface area contributed by atoms with Gasteiger partial charge in [-0.3, -0.25) is 9.78 Å². The van der Waals surface area contributed by atoms with Crippen molar-refractivity contribution in [2.45, 2.75) is 26.4 Å². The van der Waals surface area contributed by atoms with E-state index in [0.29, 0.717) is 5.82 Å². The summed E-state index contributed by atoms with van der Waals surface area (Å²) in [5, 5.41) is 11.8. The smallest absolute Gasteiger partial charge is 0.315 e. The molecule has 31 heavy (non-hydrogen) atoms. The van der Waals surface area contributed by atoms with Crippen molar-refractivity contribution >= 4 is 11.9 Å². The van der Waals surface area contributed by atoms with Gasteiger partial charge in [-0.15, -0.1) is 0 Å². The van der Waals surface area contributed by atoms with Crippen molar-refractivity contribution in [3.05, 3.63) is 66.1 Å². The highest BCUT2D eigenvalue weighted by molar-refractivity contribution is 5.84. The number of rotatable bonds is 8. The van der Waals surface area contributed by atoms with Gasteiger partial charge in [-0.05, 0) is 35.7 Å². The first-order valence-corrected chi connectivity index (χ1v) is 9.72. The Morgan fingerprint density at radius 2 is 1.77 bits per heavy atom. The van der Waals surface area contributed by atoms with Crippen LogP contribution >= 0.6 is 0 Å². The fourth-order valence-electron chi connectivity index (χ4n) is 2.73. The van der Waals surface area contributed by atoms with Crippen LogP contribution < -0.4 is 16.0 Å². The largest absolute Gasteiger partial charge is 0.343 e. The maximum Gasteiger partial charge on any atom is 0.315 e. The molecule has 2 aromatic heterocycles. The number of pyridine rings is 1. The maximum absolute atomic E-state index is 12.9. The number of benzene rings is 1. The van der Waals surface area contributed by atoms with E-state index < -0.39 is 18.0 Å². The van der Waals surface area contributed by atoms with Crippen LogP contribution in [0.5, 0.6) is 0 Å². The van der Waals surface area contributed by atoms with Crippen LogP contribution in [0.25, 0.3) is 11.4 Å². The Morgan fingerprint density at radius 1 is 1.06 bits per heavy atom. The second kappa shape index (κ2) is 10.3. The third kappa shape index (κ3) is 6.33. The average Bonchev–Trinajstić information content (AvgIpc) is 3.26. The molecule has 9 nitrogen and oxygen atoms in total. The van der Waals surface area contributed by atoms with E-state index in [1.165, 1.54) is 12.1 Å². The number of urea groups is 1. The van der Waals surface area contributed by atoms with E-state index >= 15 is 0 Å². The number of amides is 3. The highest BCUT2D eigenvalue weighted by Gasteiger charge is 2.25. The fraction of sp³-hybridized carbons (Fsp3) is 0.286. The van der Waals surface area contributed by atoms with E-state index in [0.717, 1.165) is 11.1 Å². The van der Waals surface area contributed by atoms with Gasteiger partial charge in [-0.25, -0.2) is 9.18 Å². The molecule has 0 spiro atoms. The standard InChI is InChI=1S/C21H23FN6O3/c1-13(2)18(20-27-19(28-31-20)15-7-9-23-10-8-15)26-17(29)12-25-21(30)24-11-14-3-5-16(22)6-4-14/h3-10,13,18H,11-12H2,1-2H3,(H,26,29)(H2,24,25,30). The van der Waals surface area contributed by atoms with E-state index in [2.05, 4.69) is 31.1 Å². The Morgan fingerprint density at radius 3 is 2.45 bits per heavy atom. The third-order valence-corrected chi connectivity index (χ3v) is 4.41. The summed E-state index contributed by atoms with van der Waals surface area (Å²) in [6.07, 6.45) is 3.25. The Hall–Kier alpha value is -3.82. The second-order valence-electron chi connectivity index (χ2n) is 7.14. The number of nitrogens with zero attached hydrogens (tertiary/aromatic N) is 3. The zero-order valence-electron chi connectivity index (χ0n) is 17.1. The summed E-state index contributed by atoms with van der Waals surface area (Å²) in [6, 6.07) is 8.24. The van der Waals surface area contributed by atoms with Crippen molar-refractivity contribution in [1.82, 2.24) is 31.1 Å². The van der Waals surface area contributed by atoms with Crippen molar-refractivity contribution in [3.63, 3.8) is 0 Å². The molecule has 0 aliphatic rings. The summed E-state index contributed by atoms with van der Waals surface area (Å²) in [4.78, 5) is 32.6. The Balaban J connectivity index is 1.51. The van der Waals surface area contributed by atoms with Crippen molar-refractivity contribution in [2.75, 3.05) is 6.54 Å². The first-order chi connectivity index (χ1) is 14.9. The summed E-state index contributed by atoms with van der Waals surface area (Å²) < 4.78 is 18.2. The lowest BCUT2D eigenvalue weighted by Gasteiger charge is -2.18. The van der Waals surface area contributed by atoms with Gasteiger partial charge in [0, 0.05) is 24.5 Å². The molecule has 3 rings (SSSR count). The molecule has 1 atom stereocenters. The summed E-state index contributed by atoms with van der Waals surface area (Å²) in [6.45, 7) is 3.79. The first kappa shape index (κ1) is 21.9. The summed E-state index contributed by atoms with van der Waals surface area (Å²) >= 11 is 0. The number of carbonyl (C=O) groups is 2. The van der Waals surface area contributed by atoms with Crippen LogP contribution in [0, 0.1) is 11.7 Å². The van der Waals surface area contributed by atoms with E-state index in [-0.39, 0.29) is 30.7 Å². The molecule has 0 aliphatic carbocycles. The van der Waals surface area contributed by atoms with Crippen LogP contribution in [-0.4, -0.2) is 33.6 Å². The SMILES string of the molecule is CC(C)C(NC(=O)CNC(=O)NCc1ccc(F)cc1)c1nc(-c2ccncc2)no1. The molecule has 1 unspecified atom stereocenters. The van der Waals surface area contributed by atoms with E-state index in [4.69, 9.17) is 4.52 Å². The molecule has 0 fully saturated rings. The van der Waals surface area contributed by atoms with Gasteiger partial charge in [-0.2, -0.15) is 4.98 Å². The predicted octanol–water partition coefficient (Wildman–Crippen LogP) is 2.58. The lowest BCUT2D eigenvalue weighted by molar-refractivity contribution is -0.121. The summed E-state index contributed by atoms with van der Waals surface area (Å²) in [7, 11) is 0. The Bertz CT molecular complexity index is 1010. The van der Waals surface area contributed by atoms with Gasteiger partial charge < -0.3 is 20.5 Å². The molecule has 0 aliphatic heterocycles. The van der Waals surface area contributed by atoms with Crippen molar-refractivity contribution < 1.29 is 18.5 Å². The quantitative estimate of drug-likeness (QED) is 0.509. The Labute approximate surface area is 178 Å². The second-order valence-corrected chi connectivity index (χ2v) is 7.14. The predicted molar refractivity (Wildman–Crippen MR) is 110 cm³/mol. The lowest BCUT2D eigenvalue weighted by Crippen LogP contribution is -2.43. The number of aromatic nitrogens is 3. The van der Waals surface area contributed by atoms with Crippen LogP contribution in [0.3, 0.4) is 0 Å². The van der Waals surface area contributed by atoms with Crippen molar-refractivity contribution in [1.29, 1.82) is 0 Å². The van der Waals surface area contributed by atoms with Crippen LogP contribution in [0.2, 0.25) is 0 Å². The molecular formula is C21H23FN6O3. The van der Waals surface area contributed by atoms with E-state index in [9.17, 15) is 14.0 Å². The molecule has 0 radical (unpaired) electrons. The van der Waals surface area contributed by atoms with Crippen LogP contribution in [0.4, 0.5) is 9.18 Å². The molecule has 10 heteroatoms. The highest BCUT2D eigenvalue weighted by atomic mass is 19.1. The van der Waals surface area contributed by atoms with Gasteiger partial charge in [0.15, 0.2) is 0 Å². The topological polar surface area (TPSA) is 122 Å². The molecule has 3 aromatic rings. The summed E-state index contributed by atoms with van der Waals surface area (Å²) in [5.74, 6) is -0.105. The van der Waals surface area contributed by atoms with Gasteiger partial charge >= 0.3 is 6.03 Å². The molecule has 2 heterocycles. The van der Waals surface area contributed by atoms with Crippen LogP contribution in [-0.2, 0) is 11.3 Å². The van der Waals surface area contributed by atoms with Crippen LogP contribution in [0.1, 0.15) is 31.3 Å². The molecule has 0 saturated heterocycles. The molecule has 3 amide bonds. The minimum Gasteiger partial charge on any atom is -0.343 e. The van der Waals surface area contributed by atoms with Gasteiger partial charge in [0.2, 0.25) is 17.6 Å². The normalized spacial score (nSPS) is 11.7. The molecule has 3 N–H and O–H groups in total. The number of nitrogens with one attached hydrogen (secondary N) is 3. The average molecular weight is 426 g/mol. The number of halogens is 1. The highest BCUT2D eigenvalue weighted by Crippen LogP contribution is 2.23. The Kier molecular flexibility index (Phi) is 7.26. The fourth-order valence-corrected chi connectivity index (χ4v) is 2.73. The zero-order chi connectivity index (χ0) is 22.2. The third-order valence-electron chi connectivity index (χ3n) is 4.41. The zero-order valence-corrected chi connectivity index (χ0v) is 17.1. The van der Waals surface area contributed by atoms with E-state index in [1.54, 1.807) is 36.7 Å².